The van der Waals surface area contributed by atoms with Gasteiger partial charge in [-0.3, -0.25) is 0 Å². The number of carbonyl (C=O) groups is 2. The van der Waals surface area contributed by atoms with Gasteiger partial charge in [-0.15, -0.1) is 0 Å². The number of amides is 2. The maximum Gasteiger partial charge on any atom is 0.328 e. The van der Waals surface area contributed by atoms with Crippen LogP contribution < -0.4 is 5.32 Å². The van der Waals surface area contributed by atoms with Crippen LogP contribution in [0.2, 0.25) is 0 Å². The number of carboxylic acids is 1. The smallest absolute Gasteiger partial charge is 0.328 e. The lowest BCUT2D eigenvalue weighted by atomic mass is 10.3. The van der Waals surface area contributed by atoms with Gasteiger partial charge in [-0.05, 0) is 31.6 Å². The van der Waals surface area contributed by atoms with E-state index in [9.17, 15) is 9.59 Å². The van der Waals surface area contributed by atoms with Crippen LogP contribution in [0.5, 0.6) is 0 Å². The monoisotopic (exact) mass is 242 g/mol. The summed E-state index contributed by atoms with van der Waals surface area (Å²) in [4.78, 5) is 24.3. The Morgan fingerprint density at radius 2 is 1.94 bits per heavy atom. The van der Waals surface area contributed by atoms with Gasteiger partial charge >= 0.3 is 12.0 Å². The molecule has 0 aromatic heterocycles. The highest BCUT2D eigenvalue weighted by atomic mass is 16.4. The molecule has 17 heavy (non-hydrogen) atoms. The van der Waals surface area contributed by atoms with Gasteiger partial charge in [-0.2, -0.15) is 0 Å². The summed E-state index contributed by atoms with van der Waals surface area (Å²) >= 11 is 0. The zero-order chi connectivity index (χ0) is 12.4. The van der Waals surface area contributed by atoms with Crippen molar-refractivity contribution < 1.29 is 19.8 Å². The zero-order valence-electron chi connectivity index (χ0n) is 9.63. The van der Waals surface area contributed by atoms with E-state index in [1.165, 1.54) is 0 Å². The van der Waals surface area contributed by atoms with Crippen molar-refractivity contribution >= 4 is 12.0 Å². The number of carboxylic acid groups (broad SMARTS) is 1. The van der Waals surface area contributed by atoms with Crippen molar-refractivity contribution in [1.82, 2.24) is 10.2 Å². The number of hydrogen-bond acceptors (Lipinski definition) is 3. The number of aliphatic hydroxyl groups excluding tert-OH is 1. The Bertz CT molecular complexity index is 313. The molecule has 3 N–H and O–H groups in total. The standard InChI is InChI=1S/C11H18N2O4/c14-6-9(10(15)16)12-11(17)13(8-3-4-8)5-7-1-2-7/h7-9,14H,1-6H2,(H,12,17)(H,15,16)/t9-/m0/s1. The van der Waals surface area contributed by atoms with Gasteiger partial charge in [0.15, 0.2) is 6.04 Å². The summed E-state index contributed by atoms with van der Waals surface area (Å²) in [5, 5.41) is 20.0. The molecule has 0 bridgehead atoms. The van der Waals surface area contributed by atoms with Crippen LogP contribution in [-0.4, -0.2) is 52.3 Å². The number of hydrogen-bond donors (Lipinski definition) is 3. The molecule has 2 aliphatic rings. The molecule has 0 unspecified atom stereocenters. The second-order valence-electron chi connectivity index (χ2n) is 4.85. The van der Waals surface area contributed by atoms with E-state index in [0.29, 0.717) is 12.5 Å². The van der Waals surface area contributed by atoms with Crippen molar-refractivity contribution in [2.75, 3.05) is 13.2 Å². The summed E-state index contributed by atoms with van der Waals surface area (Å²) in [6.07, 6.45) is 4.30. The third-order valence-corrected chi connectivity index (χ3v) is 3.18. The van der Waals surface area contributed by atoms with Crippen molar-refractivity contribution in [3.8, 4) is 0 Å². The van der Waals surface area contributed by atoms with Crippen LogP contribution in [0.4, 0.5) is 4.79 Å². The van der Waals surface area contributed by atoms with Crippen molar-refractivity contribution in [3.05, 3.63) is 0 Å². The fourth-order valence-corrected chi connectivity index (χ4v) is 1.78. The molecule has 96 valence electrons. The number of nitrogens with one attached hydrogen (secondary N) is 1. The quantitative estimate of drug-likeness (QED) is 0.612. The van der Waals surface area contributed by atoms with Gasteiger partial charge in [-0.25, -0.2) is 9.59 Å². The number of aliphatic hydroxyl groups is 1. The van der Waals surface area contributed by atoms with Gasteiger partial charge in [0.05, 0.1) is 6.61 Å². The third-order valence-electron chi connectivity index (χ3n) is 3.18. The minimum Gasteiger partial charge on any atom is -0.480 e. The van der Waals surface area contributed by atoms with E-state index < -0.39 is 18.6 Å². The first-order valence-electron chi connectivity index (χ1n) is 6.02. The average Bonchev–Trinajstić information content (AvgIpc) is 3.15. The molecule has 6 nitrogen and oxygen atoms in total. The van der Waals surface area contributed by atoms with E-state index in [-0.39, 0.29) is 12.1 Å². The van der Waals surface area contributed by atoms with E-state index in [2.05, 4.69) is 5.32 Å². The van der Waals surface area contributed by atoms with Crippen LogP contribution in [0.3, 0.4) is 0 Å². The molecule has 1 atom stereocenters. The Balaban J connectivity index is 1.88. The molecule has 0 aromatic carbocycles. The number of carbonyl (C=O) groups excluding carboxylic acids is 1. The van der Waals surface area contributed by atoms with Crippen LogP contribution in [0.25, 0.3) is 0 Å². The highest BCUT2D eigenvalue weighted by Crippen LogP contribution is 2.34. The summed E-state index contributed by atoms with van der Waals surface area (Å²) < 4.78 is 0. The van der Waals surface area contributed by atoms with Crippen LogP contribution in [0, 0.1) is 5.92 Å². The van der Waals surface area contributed by atoms with Crippen molar-refractivity contribution in [3.63, 3.8) is 0 Å². The molecule has 0 aromatic rings. The number of rotatable bonds is 6. The topological polar surface area (TPSA) is 89.9 Å². The molecule has 0 heterocycles. The largest absolute Gasteiger partial charge is 0.480 e. The molecule has 2 rings (SSSR count). The Hall–Kier alpha value is -1.30. The highest BCUT2D eigenvalue weighted by Gasteiger charge is 2.37. The summed E-state index contributed by atoms with van der Waals surface area (Å²) in [7, 11) is 0. The van der Waals surface area contributed by atoms with Gasteiger partial charge in [0, 0.05) is 12.6 Å². The molecule has 2 amide bonds. The SMILES string of the molecule is O=C(O)[C@H](CO)NC(=O)N(CC1CC1)C1CC1. The number of aliphatic carboxylic acids is 1. The van der Waals surface area contributed by atoms with Crippen molar-refractivity contribution in [1.29, 1.82) is 0 Å². The van der Waals surface area contributed by atoms with Gasteiger partial charge in [-0.1, -0.05) is 0 Å². The second-order valence-corrected chi connectivity index (χ2v) is 4.85. The maximum atomic E-state index is 11.9. The first kappa shape index (κ1) is 12.2. The van der Waals surface area contributed by atoms with E-state index in [4.69, 9.17) is 10.2 Å². The maximum absolute atomic E-state index is 11.9. The van der Waals surface area contributed by atoms with Crippen LogP contribution in [0.15, 0.2) is 0 Å². The van der Waals surface area contributed by atoms with Gasteiger partial charge in [0.1, 0.15) is 0 Å². The number of urea groups is 1. The van der Waals surface area contributed by atoms with E-state index in [0.717, 1.165) is 25.7 Å². The van der Waals surface area contributed by atoms with E-state index in [1.807, 2.05) is 0 Å². The molecule has 0 aliphatic heterocycles. The third kappa shape index (κ3) is 3.33. The summed E-state index contributed by atoms with van der Waals surface area (Å²) in [5.74, 6) is -0.623. The predicted octanol–water partition coefficient (Wildman–Crippen LogP) is 0.0159. The van der Waals surface area contributed by atoms with Crippen LogP contribution in [-0.2, 0) is 4.79 Å². The molecule has 0 saturated heterocycles. The Labute approximate surface area is 99.6 Å². The Morgan fingerprint density at radius 3 is 2.35 bits per heavy atom. The normalized spacial score (nSPS) is 20.8. The Morgan fingerprint density at radius 1 is 1.29 bits per heavy atom. The second kappa shape index (κ2) is 4.91. The molecular weight excluding hydrogens is 224 g/mol. The zero-order valence-corrected chi connectivity index (χ0v) is 9.63. The molecular formula is C11H18N2O4. The van der Waals surface area contributed by atoms with Crippen LogP contribution >= 0.6 is 0 Å². The minimum atomic E-state index is -1.21. The average molecular weight is 242 g/mol. The minimum absolute atomic E-state index is 0.267. The first-order chi connectivity index (χ1) is 8.11. The molecule has 0 radical (unpaired) electrons. The van der Waals surface area contributed by atoms with Crippen molar-refractivity contribution in [2.24, 2.45) is 5.92 Å². The van der Waals surface area contributed by atoms with E-state index in [1.54, 1.807) is 4.90 Å². The fraction of sp³-hybridized carbons (Fsp3) is 0.818. The molecule has 2 fully saturated rings. The van der Waals surface area contributed by atoms with Crippen LogP contribution in [0.1, 0.15) is 25.7 Å². The predicted molar refractivity (Wildman–Crippen MR) is 59.5 cm³/mol. The van der Waals surface area contributed by atoms with Gasteiger partial charge in [0.2, 0.25) is 0 Å². The van der Waals surface area contributed by atoms with Crippen molar-refractivity contribution in [2.45, 2.75) is 37.8 Å². The highest BCUT2D eigenvalue weighted by molar-refractivity contribution is 5.83. The van der Waals surface area contributed by atoms with Gasteiger partial charge in [0.25, 0.3) is 0 Å². The molecule has 2 aliphatic carbocycles. The molecule has 6 heteroatoms. The first-order valence-corrected chi connectivity index (χ1v) is 6.02. The summed E-state index contributed by atoms with van der Waals surface area (Å²) in [6, 6.07) is -1.30. The lowest BCUT2D eigenvalue weighted by Gasteiger charge is -2.24. The van der Waals surface area contributed by atoms with E-state index >= 15 is 0 Å². The van der Waals surface area contributed by atoms with Gasteiger partial charge < -0.3 is 20.4 Å². The lowest BCUT2D eigenvalue weighted by Crippen LogP contribution is -2.50. The summed E-state index contributed by atoms with van der Waals surface area (Å²) in [6.45, 7) is 0.136. The fourth-order valence-electron chi connectivity index (χ4n) is 1.78. The molecule has 2 saturated carbocycles. The lowest BCUT2D eigenvalue weighted by molar-refractivity contribution is -0.140. The Kier molecular flexibility index (Phi) is 3.51. The number of nitrogens with zero attached hydrogens (tertiary/aromatic N) is 1. The molecule has 0 spiro atoms. The summed E-state index contributed by atoms with van der Waals surface area (Å²) in [5.41, 5.74) is 0.